The van der Waals surface area contributed by atoms with Gasteiger partial charge in [0.15, 0.2) is 5.96 Å². The summed E-state index contributed by atoms with van der Waals surface area (Å²) in [7, 11) is 4.03. The average Bonchev–Trinajstić information content (AvgIpc) is 3.02. The number of rotatable bonds is 7. The largest absolute Gasteiger partial charge is 0.357 e. The fourth-order valence-electron chi connectivity index (χ4n) is 2.48. The number of nitrogens with zero attached hydrogens (tertiary/aromatic N) is 3. The number of carbonyl (C=O) groups excluding carboxylic acids is 1. The van der Waals surface area contributed by atoms with E-state index in [9.17, 15) is 4.79 Å². The zero-order valence-corrected chi connectivity index (χ0v) is 16.3. The molecule has 1 aromatic heterocycles. The van der Waals surface area contributed by atoms with E-state index in [4.69, 9.17) is 11.6 Å². The number of aliphatic imine (C=N–C) groups is 1. The topological polar surface area (TPSA) is 61.7 Å². The predicted octanol–water partition coefficient (Wildman–Crippen LogP) is 2.51. The molecule has 0 atom stereocenters. The molecule has 26 heavy (non-hydrogen) atoms. The van der Waals surface area contributed by atoms with Gasteiger partial charge in [-0.05, 0) is 43.3 Å². The van der Waals surface area contributed by atoms with Gasteiger partial charge in [-0.1, -0.05) is 11.6 Å². The number of amides is 1. The Morgan fingerprint density at radius 1 is 1.23 bits per heavy atom. The minimum Gasteiger partial charge on any atom is -0.357 e. The van der Waals surface area contributed by atoms with Gasteiger partial charge in [0, 0.05) is 49.7 Å². The molecule has 0 saturated heterocycles. The Kier molecular flexibility index (Phi) is 7.53. The molecule has 2 N–H and O–H groups in total. The average molecular weight is 376 g/mol. The van der Waals surface area contributed by atoms with Crippen molar-refractivity contribution in [1.29, 1.82) is 0 Å². The van der Waals surface area contributed by atoms with Crippen molar-refractivity contribution in [2.75, 3.05) is 26.7 Å². The second kappa shape index (κ2) is 9.87. The molecular weight excluding hydrogens is 350 g/mol. The molecule has 0 radical (unpaired) electrons. The number of guanidine groups is 1. The quantitative estimate of drug-likeness (QED) is 0.444. The maximum Gasteiger partial charge on any atom is 0.251 e. The highest BCUT2D eigenvalue weighted by molar-refractivity contribution is 6.30. The maximum atomic E-state index is 12.1. The van der Waals surface area contributed by atoms with E-state index in [1.807, 2.05) is 33.3 Å². The van der Waals surface area contributed by atoms with E-state index in [1.54, 1.807) is 24.3 Å². The van der Waals surface area contributed by atoms with Gasteiger partial charge in [0.1, 0.15) is 0 Å². The molecule has 7 heteroatoms. The Bertz CT molecular complexity index is 739. The van der Waals surface area contributed by atoms with E-state index in [0.717, 1.165) is 19.0 Å². The Morgan fingerprint density at radius 3 is 2.58 bits per heavy atom. The molecule has 0 aliphatic rings. The van der Waals surface area contributed by atoms with Gasteiger partial charge in [0.25, 0.3) is 5.91 Å². The zero-order valence-electron chi connectivity index (χ0n) is 15.5. The summed E-state index contributed by atoms with van der Waals surface area (Å²) in [5.41, 5.74) is 1.79. The van der Waals surface area contributed by atoms with Crippen LogP contribution in [0.1, 0.15) is 23.0 Å². The van der Waals surface area contributed by atoms with E-state index in [1.165, 1.54) is 5.69 Å². The minimum absolute atomic E-state index is 0.126. The molecule has 1 amide bonds. The summed E-state index contributed by atoms with van der Waals surface area (Å²) in [5, 5.41) is 6.76. The third kappa shape index (κ3) is 5.81. The minimum atomic E-state index is -0.126. The highest BCUT2D eigenvalue weighted by Gasteiger charge is 2.08. The molecule has 1 aromatic carbocycles. The molecule has 140 valence electrons. The lowest BCUT2D eigenvalue weighted by Crippen LogP contribution is -2.39. The molecule has 2 rings (SSSR count). The third-order valence-electron chi connectivity index (χ3n) is 3.91. The van der Waals surface area contributed by atoms with Crippen LogP contribution in [0.2, 0.25) is 5.02 Å². The lowest BCUT2D eigenvalue weighted by atomic mass is 10.2. The molecule has 6 nitrogen and oxygen atoms in total. The van der Waals surface area contributed by atoms with Crippen molar-refractivity contribution in [1.82, 2.24) is 20.1 Å². The molecule has 0 bridgehead atoms. The van der Waals surface area contributed by atoms with Crippen molar-refractivity contribution >= 4 is 23.5 Å². The first-order valence-corrected chi connectivity index (χ1v) is 9.02. The zero-order chi connectivity index (χ0) is 18.9. The van der Waals surface area contributed by atoms with Gasteiger partial charge in [0.05, 0.1) is 13.1 Å². The van der Waals surface area contributed by atoms with Crippen LogP contribution in [0.15, 0.2) is 47.6 Å². The van der Waals surface area contributed by atoms with Crippen LogP contribution >= 0.6 is 11.6 Å². The van der Waals surface area contributed by atoms with Crippen molar-refractivity contribution in [3.05, 3.63) is 58.9 Å². The van der Waals surface area contributed by atoms with E-state index in [0.29, 0.717) is 23.7 Å². The van der Waals surface area contributed by atoms with Crippen molar-refractivity contribution in [3.8, 4) is 0 Å². The van der Waals surface area contributed by atoms with Gasteiger partial charge < -0.3 is 20.1 Å². The molecule has 0 aliphatic heterocycles. The van der Waals surface area contributed by atoms with E-state index < -0.39 is 0 Å². The molecule has 1 heterocycles. The highest BCUT2D eigenvalue weighted by Crippen LogP contribution is 2.09. The summed E-state index contributed by atoms with van der Waals surface area (Å²) < 4.78 is 2.09. The number of aromatic nitrogens is 1. The molecule has 0 fully saturated rings. The fourth-order valence-corrected chi connectivity index (χ4v) is 2.61. The number of hydrogen-bond acceptors (Lipinski definition) is 2. The monoisotopic (exact) mass is 375 g/mol. The van der Waals surface area contributed by atoms with Crippen LogP contribution in [0.25, 0.3) is 0 Å². The van der Waals surface area contributed by atoms with Crippen LogP contribution in [-0.2, 0) is 13.6 Å². The lowest BCUT2D eigenvalue weighted by Gasteiger charge is -2.22. The number of halogens is 1. The Labute approximate surface area is 159 Å². The van der Waals surface area contributed by atoms with Crippen molar-refractivity contribution in [2.24, 2.45) is 12.0 Å². The third-order valence-corrected chi connectivity index (χ3v) is 4.16. The molecule has 2 aromatic rings. The highest BCUT2D eigenvalue weighted by atomic mass is 35.5. The smallest absolute Gasteiger partial charge is 0.251 e. The number of benzene rings is 1. The summed E-state index contributed by atoms with van der Waals surface area (Å²) in [6.45, 7) is 4.54. The number of nitrogens with one attached hydrogen (secondary N) is 2. The van der Waals surface area contributed by atoms with Gasteiger partial charge >= 0.3 is 0 Å². The number of carbonyl (C=O) groups is 1. The van der Waals surface area contributed by atoms with Gasteiger partial charge in [-0.15, -0.1) is 0 Å². The van der Waals surface area contributed by atoms with Crippen molar-refractivity contribution in [3.63, 3.8) is 0 Å². The summed E-state index contributed by atoms with van der Waals surface area (Å²) in [6, 6.07) is 10.9. The summed E-state index contributed by atoms with van der Waals surface area (Å²) in [6.07, 6.45) is 2.03. The lowest BCUT2D eigenvalue weighted by molar-refractivity contribution is 0.0955. The van der Waals surface area contributed by atoms with Crippen LogP contribution < -0.4 is 10.6 Å². The summed E-state index contributed by atoms with van der Waals surface area (Å²) >= 11 is 5.84. The number of aryl methyl sites for hydroxylation is 1. The van der Waals surface area contributed by atoms with E-state index >= 15 is 0 Å². The Hall–Kier alpha value is -2.47. The van der Waals surface area contributed by atoms with E-state index in [-0.39, 0.29) is 5.91 Å². The molecule has 0 aliphatic carbocycles. The maximum absolute atomic E-state index is 12.1. The van der Waals surface area contributed by atoms with Crippen LogP contribution in [0.5, 0.6) is 0 Å². The van der Waals surface area contributed by atoms with Gasteiger partial charge in [0.2, 0.25) is 0 Å². The standard InChI is InChI=1S/C19H26ClN5O/c1-4-21-19(25(3)14-17-6-5-13-24(17)2)23-12-11-22-18(26)15-7-9-16(20)10-8-15/h5-10,13H,4,11-12,14H2,1-3H3,(H,21,23)(H,22,26). The molecule has 0 saturated carbocycles. The van der Waals surface area contributed by atoms with Crippen LogP contribution in [-0.4, -0.2) is 48.0 Å². The first-order valence-electron chi connectivity index (χ1n) is 8.64. The SMILES string of the molecule is CCNC(=NCCNC(=O)c1ccc(Cl)cc1)N(C)Cc1cccn1C. The normalized spacial score (nSPS) is 11.3. The predicted molar refractivity (Wildman–Crippen MR) is 107 cm³/mol. The van der Waals surface area contributed by atoms with Crippen molar-refractivity contribution < 1.29 is 4.79 Å². The van der Waals surface area contributed by atoms with Gasteiger partial charge in [-0.3, -0.25) is 9.79 Å². The van der Waals surface area contributed by atoms with Gasteiger partial charge in [-0.25, -0.2) is 0 Å². The molecular formula is C19H26ClN5O. The first-order chi connectivity index (χ1) is 12.5. The fraction of sp³-hybridized carbons (Fsp3) is 0.368. The first kappa shape index (κ1) is 19.8. The second-order valence-electron chi connectivity index (χ2n) is 5.96. The summed E-state index contributed by atoms with van der Waals surface area (Å²) in [5.74, 6) is 0.688. The summed E-state index contributed by atoms with van der Waals surface area (Å²) in [4.78, 5) is 18.7. The van der Waals surface area contributed by atoms with Crippen LogP contribution in [0.3, 0.4) is 0 Å². The second-order valence-corrected chi connectivity index (χ2v) is 6.40. The molecule has 0 unspecified atom stereocenters. The Balaban J connectivity index is 1.87. The van der Waals surface area contributed by atoms with Crippen molar-refractivity contribution in [2.45, 2.75) is 13.5 Å². The number of hydrogen-bond donors (Lipinski definition) is 2. The van der Waals surface area contributed by atoms with Gasteiger partial charge in [-0.2, -0.15) is 0 Å². The molecule has 0 spiro atoms. The van der Waals surface area contributed by atoms with Crippen LogP contribution in [0.4, 0.5) is 0 Å². The van der Waals surface area contributed by atoms with Crippen LogP contribution in [0, 0.1) is 0 Å². The van der Waals surface area contributed by atoms with E-state index in [2.05, 4.69) is 31.2 Å². The Morgan fingerprint density at radius 2 is 1.96 bits per heavy atom.